The summed E-state index contributed by atoms with van der Waals surface area (Å²) in [7, 11) is -4.49. The largest absolute Gasteiger partial charge is 0.352 e. The number of rotatable bonds is 10. The van der Waals surface area contributed by atoms with E-state index in [0.717, 1.165) is 19.5 Å². The molecule has 2 atom stereocenters. The molecule has 0 aliphatic carbocycles. The lowest BCUT2D eigenvalue weighted by Gasteiger charge is -2.40. The van der Waals surface area contributed by atoms with Crippen LogP contribution in [0.1, 0.15) is 17.5 Å². The van der Waals surface area contributed by atoms with Crippen LogP contribution in [0.15, 0.2) is 53.4 Å². The van der Waals surface area contributed by atoms with Crippen LogP contribution in [0.4, 0.5) is 8.78 Å². The highest BCUT2D eigenvalue weighted by molar-refractivity contribution is 8.00. The molecule has 2 aromatic carbocycles. The second-order valence-corrected chi connectivity index (χ2v) is 11.0. The number of benzene rings is 2. The van der Waals surface area contributed by atoms with E-state index in [0.29, 0.717) is 32.8 Å². The van der Waals surface area contributed by atoms with E-state index < -0.39 is 27.3 Å². The number of carbonyl (C=O) groups excluding carboxylic acids is 1. The van der Waals surface area contributed by atoms with E-state index in [1.54, 1.807) is 18.2 Å². The summed E-state index contributed by atoms with van der Waals surface area (Å²) < 4.78 is 57.2. The number of halogens is 3. The van der Waals surface area contributed by atoms with Gasteiger partial charge in [-0.3, -0.25) is 15.0 Å². The minimum absolute atomic E-state index is 0.0801. The fraction of sp³-hybridized carbons (Fsp3) is 0.381. The van der Waals surface area contributed by atoms with Gasteiger partial charge in [0.05, 0.1) is 4.90 Å². The first-order chi connectivity index (χ1) is 16.3. The number of hydrogen-bond donors (Lipinski definition) is 1. The van der Waals surface area contributed by atoms with Gasteiger partial charge in [-0.15, -0.1) is 16.2 Å². The first-order valence-corrected chi connectivity index (χ1v) is 13.3. The van der Waals surface area contributed by atoms with Crippen molar-refractivity contribution in [3.63, 3.8) is 0 Å². The van der Waals surface area contributed by atoms with Crippen molar-refractivity contribution in [3.05, 3.63) is 65.5 Å². The molecule has 4 rings (SSSR count). The van der Waals surface area contributed by atoms with Crippen LogP contribution in [-0.2, 0) is 32.7 Å². The van der Waals surface area contributed by atoms with Crippen LogP contribution < -0.4 is 5.32 Å². The number of hydroxylamine groups is 1. The lowest BCUT2D eigenvalue weighted by molar-refractivity contribution is -0.190. The lowest BCUT2D eigenvalue weighted by atomic mass is 10.0. The summed E-state index contributed by atoms with van der Waals surface area (Å²) in [6.45, 7) is 2.04. The van der Waals surface area contributed by atoms with Gasteiger partial charge in [0.2, 0.25) is 11.4 Å². The third-order valence-electron chi connectivity index (χ3n) is 5.76. The molecule has 0 saturated carbocycles. The summed E-state index contributed by atoms with van der Waals surface area (Å²) >= 11 is 6.95. The molecule has 2 aromatic rings. The van der Waals surface area contributed by atoms with Gasteiger partial charge in [0.1, 0.15) is 5.82 Å². The molecule has 0 spiro atoms. The number of nitrogens with zero attached hydrogens (tertiary/aromatic N) is 3. The Balaban J connectivity index is 1.70. The maximum atomic E-state index is 14.8. The van der Waals surface area contributed by atoms with Gasteiger partial charge >= 0.3 is 6.47 Å². The van der Waals surface area contributed by atoms with Gasteiger partial charge in [0.25, 0.3) is 10.0 Å². The molecule has 2 heterocycles. The molecule has 0 amide bonds. The third kappa shape index (κ3) is 4.81. The molecule has 0 radical (unpaired) electrons. The van der Waals surface area contributed by atoms with Crippen molar-refractivity contribution >= 4 is 40.0 Å². The van der Waals surface area contributed by atoms with Gasteiger partial charge in [-0.2, -0.15) is 0 Å². The molecule has 0 bridgehead atoms. The minimum atomic E-state index is -4.49. The van der Waals surface area contributed by atoms with Crippen molar-refractivity contribution in [2.75, 3.05) is 18.8 Å². The zero-order valence-electron chi connectivity index (χ0n) is 17.9. The number of hydrogen-bond acceptors (Lipinski definition) is 8. The summed E-state index contributed by atoms with van der Waals surface area (Å²) in [5, 5.41) is 2.88. The van der Waals surface area contributed by atoms with Crippen LogP contribution in [0.2, 0.25) is 0 Å². The van der Waals surface area contributed by atoms with Crippen LogP contribution in [0.25, 0.3) is 0 Å². The molecular formula is C21H23ClF2N4O4S2. The van der Waals surface area contributed by atoms with Crippen molar-refractivity contribution in [2.24, 2.45) is 0 Å². The highest BCUT2D eigenvalue weighted by atomic mass is 35.5. The Labute approximate surface area is 205 Å². The predicted molar refractivity (Wildman–Crippen MR) is 124 cm³/mol. The summed E-state index contributed by atoms with van der Waals surface area (Å²) in [5.41, 5.74) is -0.826. The predicted octanol–water partition coefficient (Wildman–Crippen LogP) is 3.01. The summed E-state index contributed by atoms with van der Waals surface area (Å²) in [5.74, 6) is -2.77. The molecule has 34 heavy (non-hydrogen) atoms. The summed E-state index contributed by atoms with van der Waals surface area (Å²) in [6, 6.07) is 11.9. The van der Waals surface area contributed by atoms with Gasteiger partial charge < -0.3 is 4.84 Å². The zero-order valence-corrected chi connectivity index (χ0v) is 20.3. The van der Waals surface area contributed by atoms with Gasteiger partial charge in [-0.25, -0.2) is 17.2 Å². The Bertz CT molecular complexity index is 1130. The number of thioether (sulfide) groups is 1. The van der Waals surface area contributed by atoms with E-state index >= 15 is 0 Å². The molecule has 8 nitrogen and oxygen atoms in total. The van der Waals surface area contributed by atoms with Gasteiger partial charge in [-0.05, 0) is 55.0 Å². The highest BCUT2D eigenvalue weighted by Gasteiger charge is 2.57. The fourth-order valence-corrected chi connectivity index (χ4v) is 6.88. The number of likely N-dealkylation sites (tertiary alicyclic amines) is 1. The quantitative estimate of drug-likeness (QED) is 0.164. The molecule has 2 aliphatic rings. The van der Waals surface area contributed by atoms with Crippen molar-refractivity contribution in [2.45, 2.75) is 35.8 Å². The first-order valence-electron chi connectivity index (χ1n) is 10.4. The molecule has 2 fully saturated rings. The smallest absolute Gasteiger partial charge is 0.314 e. The molecule has 2 aliphatic heterocycles. The molecule has 1 N–H and O–H groups in total. The second-order valence-electron chi connectivity index (χ2n) is 7.84. The number of nitrogens with one attached hydrogen (secondary N) is 1. The topological polar surface area (TPSA) is 82.2 Å². The third-order valence-corrected chi connectivity index (χ3v) is 9.08. The molecule has 2 unspecified atom stereocenters. The Morgan fingerprint density at radius 3 is 2.56 bits per heavy atom. The Kier molecular flexibility index (Phi) is 7.77. The van der Waals surface area contributed by atoms with Gasteiger partial charge in [-0.1, -0.05) is 30.3 Å². The fourth-order valence-electron chi connectivity index (χ4n) is 3.83. The number of carbonyl (C=O) groups is 1. The van der Waals surface area contributed by atoms with Crippen molar-refractivity contribution in [1.29, 1.82) is 0 Å². The molecule has 184 valence electrons. The standard InChI is InChI=1S/C21H23ClF2N4O4S2/c22-27-20(24)33-14-21(27,28(32-15-29)34(30,31)17-7-2-1-3-8-17)25-12-18-16(6-4-9-19(18)23)13-26-10-5-11-26/h1-4,6-9,15,20,25H,5,10-14H2. The van der Waals surface area contributed by atoms with Crippen LogP contribution in [-0.4, -0.2) is 58.9 Å². The number of sulfonamides is 1. The maximum Gasteiger partial charge on any atom is 0.314 e. The average Bonchev–Trinajstić information content (AvgIpc) is 3.09. The van der Waals surface area contributed by atoms with Gasteiger partial charge in [0.15, 0.2) is 0 Å². The van der Waals surface area contributed by atoms with Crippen LogP contribution >= 0.6 is 23.5 Å². The monoisotopic (exact) mass is 532 g/mol. The van der Waals surface area contributed by atoms with Crippen LogP contribution in [0.3, 0.4) is 0 Å². The van der Waals surface area contributed by atoms with Gasteiger partial charge in [0, 0.05) is 28.9 Å². The number of alkyl halides is 1. The van der Waals surface area contributed by atoms with Crippen LogP contribution in [0.5, 0.6) is 0 Å². The van der Waals surface area contributed by atoms with Crippen molar-refractivity contribution < 1.29 is 26.8 Å². The highest BCUT2D eigenvalue weighted by Crippen LogP contribution is 2.42. The maximum absolute atomic E-state index is 14.8. The van der Waals surface area contributed by atoms with Crippen molar-refractivity contribution in [3.8, 4) is 0 Å². The Morgan fingerprint density at radius 1 is 1.24 bits per heavy atom. The second kappa shape index (κ2) is 10.4. The first kappa shape index (κ1) is 25.3. The van der Waals surface area contributed by atoms with E-state index in [2.05, 4.69) is 10.2 Å². The van der Waals surface area contributed by atoms with Crippen molar-refractivity contribution in [1.82, 2.24) is 19.1 Å². The Morgan fingerprint density at radius 2 is 1.97 bits per heavy atom. The minimum Gasteiger partial charge on any atom is -0.352 e. The average molecular weight is 533 g/mol. The molecular weight excluding hydrogens is 510 g/mol. The van der Waals surface area contributed by atoms with E-state index in [-0.39, 0.29) is 29.2 Å². The lowest BCUT2D eigenvalue weighted by Crippen LogP contribution is -2.67. The SMILES string of the molecule is O=CON(C1(NCc2c(F)cccc2CN2CCC2)CSC(F)N1Cl)S(=O)(=O)c1ccccc1. The van der Waals surface area contributed by atoms with E-state index in [9.17, 15) is 22.0 Å². The summed E-state index contributed by atoms with van der Waals surface area (Å²) in [6.07, 6.45) is 1.07. The molecule has 2 saturated heterocycles. The normalized spacial score (nSPS) is 23.7. The Hall–Kier alpha value is -1.80. The summed E-state index contributed by atoms with van der Waals surface area (Å²) in [4.78, 5) is 18.2. The van der Waals surface area contributed by atoms with E-state index in [4.69, 9.17) is 16.6 Å². The molecule has 13 heteroatoms. The van der Waals surface area contributed by atoms with Crippen LogP contribution in [0, 0.1) is 5.82 Å². The zero-order chi connectivity index (χ0) is 24.3. The molecule has 0 aromatic heterocycles. The van der Waals surface area contributed by atoms with E-state index in [1.165, 1.54) is 30.3 Å². The van der Waals surface area contributed by atoms with E-state index in [1.807, 2.05) is 0 Å².